The van der Waals surface area contributed by atoms with Crippen LogP contribution in [0.1, 0.15) is 41.2 Å². The zero-order chi connectivity index (χ0) is 22.0. The number of hydrogen-bond acceptors (Lipinski definition) is 4. The molecule has 2 aromatic rings. The Bertz CT molecular complexity index is 1040. The quantitative estimate of drug-likeness (QED) is 0.726. The topological polar surface area (TPSA) is 60.9 Å². The van der Waals surface area contributed by atoms with Gasteiger partial charge in [-0.1, -0.05) is 36.8 Å². The van der Waals surface area contributed by atoms with Crippen LogP contribution in [-0.4, -0.2) is 68.2 Å². The van der Waals surface area contributed by atoms with Crippen molar-refractivity contribution in [3.8, 4) is 0 Å². The van der Waals surface area contributed by atoms with Gasteiger partial charge < -0.3 is 9.80 Å². The first-order valence-corrected chi connectivity index (χ1v) is 12.2. The third-order valence-corrected chi connectivity index (χ3v) is 8.05. The predicted octanol–water partition coefficient (Wildman–Crippen LogP) is 3.13. The molecule has 6 nitrogen and oxygen atoms in total. The van der Waals surface area contributed by atoms with E-state index in [1.165, 1.54) is 16.4 Å². The number of hydrogen-bond donors (Lipinski definition) is 0. The maximum absolute atomic E-state index is 14.6. The molecule has 2 heterocycles. The van der Waals surface area contributed by atoms with E-state index < -0.39 is 20.7 Å². The van der Waals surface area contributed by atoms with Crippen molar-refractivity contribution in [3.05, 3.63) is 65.5 Å². The summed E-state index contributed by atoms with van der Waals surface area (Å²) in [5.74, 6) is -1.10. The highest BCUT2D eigenvalue weighted by molar-refractivity contribution is 7.89. The van der Waals surface area contributed by atoms with Crippen LogP contribution in [0.25, 0.3) is 0 Å². The minimum Gasteiger partial charge on any atom is -0.329 e. The Kier molecular flexibility index (Phi) is 6.41. The summed E-state index contributed by atoms with van der Waals surface area (Å²) >= 11 is 0. The first kappa shape index (κ1) is 21.9. The van der Waals surface area contributed by atoms with E-state index in [1.54, 1.807) is 4.90 Å². The number of carbonyl (C=O) groups excluding carboxylic acids is 1. The number of likely N-dealkylation sites (N-methyl/N-ethyl adjacent to an activating group) is 1. The van der Waals surface area contributed by atoms with Gasteiger partial charge in [0, 0.05) is 38.3 Å². The van der Waals surface area contributed by atoms with E-state index in [-0.39, 0.29) is 17.5 Å². The Morgan fingerprint density at radius 1 is 0.968 bits per heavy atom. The van der Waals surface area contributed by atoms with Gasteiger partial charge in [0.15, 0.2) is 0 Å². The standard InChI is InChI=1S/C23H28FN3O3S/c1-25-14-15-27(21(17-25)18-8-4-2-5-9-18)23(28)19-10-11-20(24)22(16-19)31(29,30)26-12-6-3-7-13-26/h2,4-5,8-11,16,21H,3,6-7,12-15,17H2,1H3. The molecule has 0 aromatic heterocycles. The summed E-state index contributed by atoms with van der Waals surface area (Å²) in [7, 11) is -1.96. The molecule has 166 valence electrons. The number of amides is 1. The monoisotopic (exact) mass is 445 g/mol. The molecule has 2 saturated heterocycles. The molecule has 2 aliphatic heterocycles. The largest absolute Gasteiger partial charge is 0.329 e. The van der Waals surface area contributed by atoms with E-state index in [9.17, 15) is 17.6 Å². The lowest BCUT2D eigenvalue weighted by atomic mass is 10.0. The second-order valence-electron chi connectivity index (χ2n) is 8.30. The van der Waals surface area contributed by atoms with Crippen molar-refractivity contribution in [1.82, 2.24) is 14.1 Å². The fourth-order valence-corrected chi connectivity index (χ4v) is 5.97. The van der Waals surface area contributed by atoms with Crippen molar-refractivity contribution >= 4 is 15.9 Å². The van der Waals surface area contributed by atoms with Gasteiger partial charge in [-0.05, 0) is 43.7 Å². The lowest BCUT2D eigenvalue weighted by molar-refractivity contribution is 0.0497. The van der Waals surface area contributed by atoms with Crippen LogP contribution in [0.5, 0.6) is 0 Å². The van der Waals surface area contributed by atoms with Gasteiger partial charge in [0.05, 0.1) is 6.04 Å². The number of sulfonamides is 1. The molecule has 0 bridgehead atoms. The maximum atomic E-state index is 14.6. The number of rotatable bonds is 4. The molecule has 0 radical (unpaired) electrons. The summed E-state index contributed by atoms with van der Waals surface area (Å²) in [6.07, 6.45) is 2.50. The predicted molar refractivity (Wildman–Crippen MR) is 117 cm³/mol. The second kappa shape index (κ2) is 9.06. The molecule has 2 aliphatic rings. The molecule has 8 heteroatoms. The van der Waals surface area contributed by atoms with E-state index in [0.717, 1.165) is 37.4 Å². The summed E-state index contributed by atoms with van der Waals surface area (Å²) < 4.78 is 42.0. The van der Waals surface area contributed by atoms with Crippen LogP contribution in [0, 0.1) is 5.82 Å². The molecule has 0 saturated carbocycles. The normalized spacial score (nSPS) is 21.2. The smallest absolute Gasteiger partial charge is 0.254 e. The third-order valence-electron chi connectivity index (χ3n) is 6.14. The first-order valence-electron chi connectivity index (χ1n) is 10.7. The summed E-state index contributed by atoms with van der Waals surface area (Å²) in [6.45, 7) is 2.68. The zero-order valence-electron chi connectivity index (χ0n) is 17.7. The van der Waals surface area contributed by atoms with Crippen LogP contribution in [0.3, 0.4) is 0 Å². The summed E-state index contributed by atoms with van der Waals surface area (Å²) in [4.78, 5) is 17.0. The van der Waals surface area contributed by atoms with Crippen LogP contribution in [0.4, 0.5) is 4.39 Å². The van der Waals surface area contributed by atoms with Crippen molar-refractivity contribution in [2.24, 2.45) is 0 Å². The highest BCUT2D eigenvalue weighted by Crippen LogP contribution is 2.29. The molecule has 2 fully saturated rings. The van der Waals surface area contributed by atoms with Gasteiger partial charge in [0.1, 0.15) is 10.7 Å². The van der Waals surface area contributed by atoms with Crippen molar-refractivity contribution in [1.29, 1.82) is 0 Å². The van der Waals surface area contributed by atoms with Crippen molar-refractivity contribution in [3.63, 3.8) is 0 Å². The Morgan fingerprint density at radius 3 is 2.39 bits per heavy atom. The van der Waals surface area contributed by atoms with Gasteiger partial charge in [0.2, 0.25) is 10.0 Å². The number of piperazine rings is 1. The molecule has 1 atom stereocenters. The van der Waals surface area contributed by atoms with Crippen molar-refractivity contribution < 1.29 is 17.6 Å². The minimum atomic E-state index is -3.97. The summed E-state index contributed by atoms with van der Waals surface area (Å²) in [6, 6.07) is 13.3. The average Bonchev–Trinajstić information content (AvgIpc) is 2.80. The highest BCUT2D eigenvalue weighted by Gasteiger charge is 2.33. The summed E-state index contributed by atoms with van der Waals surface area (Å²) in [5.41, 5.74) is 1.22. The second-order valence-corrected chi connectivity index (χ2v) is 10.2. The Hall–Kier alpha value is -2.29. The Morgan fingerprint density at radius 2 is 1.68 bits per heavy atom. The summed E-state index contributed by atoms with van der Waals surface area (Å²) in [5, 5.41) is 0. The van der Waals surface area contributed by atoms with Gasteiger partial charge in [-0.2, -0.15) is 4.31 Å². The average molecular weight is 446 g/mol. The van der Waals surface area contributed by atoms with Crippen LogP contribution in [0.2, 0.25) is 0 Å². The van der Waals surface area contributed by atoms with Gasteiger partial charge in [0.25, 0.3) is 5.91 Å². The van der Waals surface area contributed by atoms with Crippen LogP contribution >= 0.6 is 0 Å². The fraction of sp³-hybridized carbons (Fsp3) is 0.435. The Labute approximate surface area is 183 Å². The number of benzene rings is 2. The number of nitrogens with zero attached hydrogens (tertiary/aromatic N) is 3. The number of halogens is 1. The molecule has 2 aromatic carbocycles. The van der Waals surface area contributed by atoms with Gasteiger partial charge in [-0.15, -0.1) is 0 Å². The highest BCUT2D eigenvalue weighted by atomic mass is 32.2. The van der Waals surface area contributed by atoms with Crippen LogP contribution in [-0.2, 0) is 10.0 Å². The minimum absolute atomic E-state index is 0.153. The fourth-order valence-electron chi connectivity index (χ4n) is 4.37. The van der Waals surface area contributed by atoms with Gasteiger partial charge >= 0.3 is 0 Å². The van der Waals surface area contributed by atoms with E-state index in [1.807, 2.05) is 37.4 Å². The SMILES string of the molecule is CN1CCN(C(=O)c2ccc(F)c(S(=O)(=O)N3CCCCC3)c2)C(c2ccccc2)C1. The van der Waals surface area contributed by atoms with E-state index in [0.29, 0.717) is 26.2 Å². The molecular weight excluding hydrogens is 417 g/mol. The molecular formula is C23H28FN3O3S. The Balaban J connectivity index is 1.66. The molecule has 0 aliphatic carbocycles. The molecule has 0 spiro atoms. The van der Waals surface area contributed by atoms with Gasteiger partial charge in [-0.25, -0.2) is 12.8 Å². The maximum Gasteiger partial charge on any atom is 0.254 e. The molecule has 4 rings (SSSR count). The van der Waals surface area contributed by atoms with E-state index >= 15 is 0 Å². The molecule has 1 amide bonds. The molecule has 31 heavy (non-hydrogen) atoms. The lowest BCUT2D eigenvalue weighted by Gasteiger charge is -2.40. The number of carbonyl (C=O) groups is 1. The lowest BCUT2D eigenvalue weighted by Crippen LogP contribution is -2.49. The third kappa shape index (κ3) is 4.51. The van der Waals surface area contributed by atoms with Gasteiger partial charge in [-0.3, -0.25) is 4.79 Å². The first-order chi connectivity index (χ1) is 14.9. The van der Waals surface area contributed by atoms with Crippen LogP contribution < -0.4 is 0 Å². The molecule has 1 unspecified atom stereocenters. The van der Waals surface area contributed by atoms with Crippen LogP contribution in [0.15, 0.2) is 53.4 Å². The van der Waals surface area contributed by atoms with Crippen molar-refractivity contribution in [2.45, 2.75) is 30.2 Å². The van der Waals surface area contributed by atoms with Crippen molar-refractivity contribution in [2.75, 3.05) is 39.8 Å². The number of piperidine rings is 1. The molecule has 0 N–H and O–H groups in total. The zero-order valence-corrected chi connectivity index (χ0v) is 18.5. The van der Waals surface area contributed by atoms with E-state index in [2.05, 4.69) is 4.90 Å². The van der Waals surface area contributed by atoms with E-state index in [4.69, 9.17) is 0 Å².